The van der Waals surface area contributed by atoms with E-state index in [1.54, 1.807) is 11.0 Å². The third-order valence-corrected chi connectivity index (χ3v) is 8.76. The maximum atomic E-state index is 13.8. The number of amidine groups is 1. The number of anilines is 2. The SMILES string of the molecule is CC(C)(C)CCN1C(=O)C(C2=N[P+](O)(OCCCO)c3cc(NS(C)(=O)=O)ccc3N2)=C(O)[C@@H]1C(C)(C)C. The minimum absolute atomic E-state index is 0.0174. The van der Waals surface area contributed by atoms with Crippen molar-refractivity contribution in [2.75, 3.05) is 36.1 Å². The summed E-state index contributed by atoms with van der Waals surface area (Å²) in [5.74, 6) is -0.557. The average Bonchev–Trinajstić information content (AvgIpc) is 3.01. The fourth-order valence-electron chi connectivity index (χ4n) is 4.41. The summed E-state index contributed by atoms with van der Waals surface area (Å²) in [4.78, 5) is 27.1. The Morgan fingerprint density at radius 2 is 1.87 bits per heavy atom. The number of rotatable bonds is 9. The Hall–Kier alpha value is -2.24. The van der Waals surface area contributed by atoms with E-state index in [1.165, 1.54) is 12.1 Å². The summed E-state index contributed by atoms with van der Waals surface area (Å²) in [6.07, 6.45) is 1.96. The molecule has 0 aliphatic carbocycles. The molecule has 0 spiro atoms. The fourth-order valence-corrected chi connectivity index (χ4v) is 6.82. The minimum Gasteiger partial charge on any atom is -0.509 e. The molecule has 2 aliphatic rings. The van der Waals surface area contributed by atoms with Crippen LogP contribution in [-0.2, 0) is 19.3 Å². The second-order valence-corrected chi connectivity index (χ2v) is 15.7. The standard InChI is InChI=1S/C25H39N4O7PS/c1-24(2,3)11-12-29-21(25(4,5)6)20(31)19(23(29)32)22-26-17-10-9-16(28-38(7,34)35)15-18(17)37(33,27-22)36-14-8-13-30/h9-10,15,21,28,30,33H,8,11-14H2,1-7H3,(H-,26,27,31,32)/p+1/t21-,37?/m1/s1. The average molecular weight is 572 g/mol. The van der Waals surface area contributed by atoms with Gasteiger partial charge in [-0.2, -0.15) is 9.42 Å². The minimum atomic E-state index is -3.80. The number of hydrogen-bond acceptors (Lipinski definition) is 9. The molecule has 0 saturated carbocycles. The van der Waals surface area contributed by atoms with Gasteiger partial charge >= 0.3 is 7.87 Å². The molecule has 212 valence electrons. The highest BCUT2D eigenvalue weighted by Crippen LogP contribution is 2.60. The molecule has 2 aliphatic heterocycles. The summed E-state index contributed by atoms with van der Waals surface area (Å²) >= 11 is 0. The third-order valence-electron chi connectivity index (χ3n) is 6.14. The van der Waals surface area contributed by atoms with Crippen molar-refractivity contribution in [3.05, 3.63) is 29.5 Å². The van der Waals surface area contributed by atoms with E-state index in [4.69, 9.17) is 4.52 Å². The Morgan fingerprint density at radius 3 is 2.42 bits per heavy atom. The van der Waals surface area contributed by atoms with Crippen molar-refractivity contribution in [1.82, 2.24) is 4.90 Å². The second kappa shape index (κ2) is 10.7. The zero-order valence-corrected chi connectivity index (χ0v) is 24.8. The fraction of sp³-hybridized carbons (Fsp3) is 0.600. The zero-order chi connectivity index (χ0) is 28.7. The number of nitrogens with zero attached hydrogens (tertiary/aromatic N) is 2. The van der Waals surface area contributed by atoms with E-state index < -0.39 is 35.3 Å². The lowest BCUT2D eigenvalue weighted by atomic mass is 9.84. The van der Waals surface area contributed by atoms with Crippen LogP contribution >= 0.6 is 7.87 Å². The highest BCUT2D eigenvalue weighted by Gasteiger charge is 2.53. The molecule has 1 aromatic carbocycles. The number of hydrogen-bond donors (Lipinski definition) is 5. The summed E-state index contributed by atoms with van der Waals surface area (Å²) in [7, 11) is -7.38. The first kappa shape index (κ1) is 30.3. The van der Waals surface area contributed by atoms with Crippen LogP contribution in [0, 0.1) is 10.8 Å². The van der Waals surface area contributed by atoms with Gasteiger partial charge in [0.05, 0.1) is 30.3 Å². The van der Waals surface area contributed by atoms with Gasteiger partial charge in [0, 0.05) is 19.2 Å². The number of aliphatic hydroxyl groups excluding tert-OH is 2. The number of carbonyl (C=O) groups excluding carboxylic acids is 1. The van der Waals surface area contributed by atoms with Crippen LogP contribution in [0.4, 0.5) is 11.4 Å². The number of carbonyl (C=O) groups is 1. The Morgan fingerprint density at radius 1 is 1.21 bits per heavy atom. The van der Waals surface area contributed by atoms with Gasteiger partial charge in [0.2, 0.25) is 15.3 Å². The van der Waals surface area contributed by atoms with Crippen molar-refractivity contribution in [1.29, 1.82) is 0 Å². The van der Waals surface area contributed by atoms with Gasteiger partial charge in [-0.1, -0.05) is 41.5 Å². The Kier molecular flexibility index (Phi) is 8.56. The Balaban J connectivity index is 2.10. The molecule has 13 heteroatoms. The molecule has 0 radical (unpaired) electrons. The molecule has 0 saturated heterocycles. The van der Waals surface area contributed by atoms with E-state index in [0.29, 0.717) is 18.7 Å². The van der Waals surface area contributed by atoms with Crippen LogP contribution < -0.4 is 15.3 Å². The Bertz CT molecular complexity index is 1250. The van der Waals surface area contributed by atoms with Gasteiger partial charge in [-0.05, 0) is 40.6 Å². The van der Waals surface area contributed by atoms with Crippen LogP contribution in [0.1, 0.15) is 54.4 Å². The number of amides is 1. The highest BCUT2D eigenvalue weighted by molar-refractivity contribution is 7.92. The zero-order valence-electron chi connectivity index (χ0n) is 23.1. The summed E-state index contributed by atoms with van der Waals surface area (Å²) < 4.78 is 36.1. The molecule has 38 heavy (non-hydrogen) atoms. The largest absolute Gasteiger partial charge is 0.509 e. The topological polar surface area (TPSA) is 161 Å². The molecule has 0 aromatic heterocycles. The smallest absolute Gasteiger partial charge is 0.432 e. The van der Waals surface area contributed by atoms with Crippen LogP contribution in [0.25, 0.3) is 0 Å². The van der Waals surface area contributed by atoms with Crippen molar-refractivity contribution in [3.63, 3.8) is 0 Å². The number of aliphatic hydroxyl groups is 2. The maximum absolute atomic E-state index is 13.8. The van der Waals surface area contributed by atoms with Gasteiger partial charge in [0.25, 0.3) is 5.91 Å². The lowest BCUT2D eigenvalue weighted by molar-refractivity contribution is -0.128. The Labute approximate surface area is 225 Å². The van der Waals surface area contributed by atoms with Crippen molar-refractivity contribution >= 4 is 46.3 Å². The lowest BCUT2D eigenvalue weighted by Crippen LogP contribution is -2.45. The van der Waals surface area contributed by atoms with Crippen molar-refractivity contribution < 1.29 is 32.8 Å². The first-order valence-corrected chi connectivity index (χ1v) is 16.0. The number of benzene rings is 1. The predicted molar refractivity (Wildman–Crippen MR) is 151 cm³/mol. The number of fused-ring (bicyclic) bond motifs is 1. The molecule has 0 bridgehead atoms. The first-order valence-electron chi connectivity index (χ1n) is 12.5. The molecule has 1 unspecified atom stereocenters. The van der Waals surface area contributed by atoms with Gasteiger partial charge in [-0.15, -0.1) is 0 Å². The van der Waals surface area contributed by atoms with Crippen molar-refractivity contribution in [2.24, 2.45) is 15.6 Å². The van der Waals surface area contributed by atoms with Gasteiger partial charge in [0.1, 0.15) is 11.3 Å². The van der Waals surface area contributed by atoms with Crippen molar-refractivity contribution in [2.45, 2.75) is 60.4 Å². The van der Waals surface area contributed by atoms with E-state index >= 15 is 0 Å². The number of nitrogens with one attached hydrogen (secondary N) is 2. The van der Waals surface area contributed by atoms with Crippen LogP contribution in [0.3, 0.4) is 0 Å². The van der Waals surface area contributed by atoms with E-state index in [-0.39, 0.29) is 53.2 Å². The quantitative estimate of drug-likeness (QED) is 0.223. The van der Waals surface area contributed by atoms with Crippen LogP contribution in [0.2, 0.25) is 0 Å². The summed E-state index contributed by atoms with van der Waals surface area (Å²) in [5.41, 5.74) is 0.0115. The summed E-state index contributed by atoms with van der Waals surface area (Å²) in [6, 6.07) is 3.88. The molecule has 11 nitrogen and oxygen atoms in total. The third kappa shape index (κ3) is 6.84. The first-order chi connectivity index (χ1) is 17.4. The monoisotopic (exact) mass is 571 g/mol. The van der Waals surface area contributed by atoms with Crippen LogP contribution in [-0.4, -0.2) is 72.2 Å². The van der Waals surface area contributed by atoms with Crippen LogP contribution in [0.15, 0.2) is 34.3 Å². The van der Waals surface area contributed by atoms with E-state index in [0.717, 1.165) is 6.26 Å². The molecule has 2 heterocycles. The summed E-state index contributed by atoms with van der Waals surface area (Å²) in [6.45, 7) is 12.3. The van der Waals surface area contributed by atoms with Gasteiger partial charge in [0.15, 0.2) is 5.84 Å². The maximum Gasteiger partial charge on any atom is 0.432 e. The highest BCUT2D eigenvalue weighted by atomic mass is 32.2. The molecular formula is C25H40N4O7PS+. The van der Waals surface area contributed by atoms with Gasteiger partial charge < -0.3 is 20.4 Å². The molecule has 5 N–H and O–H groups in total. The summed E-state index contributed by atoms with van der Waals surface area (Å²) in [5, 5.41) is 23.9. The van der Waals surface area contributed by atoms with E-state index in [2.05, 4.69) is 35.6 Å². The lowest BCUT2D eigenvalue weighted by Gasteiger charge is -2.36. The molecule has 0 fully saturated rings. The molecule has 2 atom stereocenters. The second-order valence-electron chi connectivity index (χ2n) is 12.0. The van der Waals surface area contributed by atoms with E-state index in [1.807, 2.05) is 20.8 Å². The van der Waals surface area contributed by atoms with Gasteiger partial charge in [-0.3, -0.25) is 9.52 Å². The van der Waals surface area contributed by atoms with Gasteiger partial charge in [-0.25, -0.2) is 8.42 Å². The van der Waals surface area contributed by atoms with Crippen molar-refractivity contribution in [3.8, 4) is 0 Å². The van der Waals surface area contributed by atoms with E-state index in [9.17, 15) is 28.3 Å². The molecule has 1 amide bonds. The predicted octanol–water partition coefficient (Wildman–Crippen LogP) is 3.17. The normalized spacial score (nSPS) is 22.3. The molecular weight excluding hydrogens is 531 g/mol. The van der Waals surface area contributed by atoms with Crippen LogP contribution in [0.5, 0.6) is 0 Å². The number of sulfonamides is 1. The molecule has 3 rings (SSSR count). The molecule has 1 aromatic rings.